The Kier molecular flexibility index (Phi) is 8.67. The molecule has 1 N–H and O–H groups in total. The summed E-state index contributed by atoms with van der Waals surface area (Å²) in [4.78, 5) is 25.4. The second-order valence-corrected chi connectivity index (χ2v) is 9.89. The quantitative estimate of drug-likeness (QED) is 0.385. The molecule has 0 aromatic heterocycles. The number of amides is 1. The minimum absolute atomic E-state index is 0.0181. The number of carbonyl (C=O) groups is 2. The molecule has 0 fully saturated rings. The molecule has 12 heteroatoms. The van der Waals surface area contributed by atoms with Crippen LogP contribution in [0.25, 0.3) is 0 Å². The van der Waals surface area contributed by atoms with Gasteiger partial charge in [0, 0.05) is 12.1 Å². The third-order valence-electron chi connectivity index (χ3n) is 5.01. The average molecular weight is 553 g/mol. The standard InChI is InChI=1S/C24H22Cl2N2O7S/c1-33-21-12-17(24(30)35-3)20(13-22(21)34-2)27-23(29)14-28(15-9-10-18(25)19(26)11-15)36(31,32)16-7-5-4-6-8-16/h4-13H,14H2,1-3H3,(H,27,29). The smallest absolute Gasteiger partial charge is 0.340 e. The van der Waals surface area contributed by atoms with Crippen molar-refractivity contribution in [2.45, 2.75) is 4.90 Å². The molecule has 0 saturated carbocycles. The minimum atomic E-state index is -4.19. The zero-order chi connectivity index (χ0) is 26.5. The van der Waals surface area contributed by atoms with Crippen LogP contribution in [-0.4, -0.2) is 48.2 Å². The minimum Gasteiger partial charge on any atom is -0.493 e. The van der Waals surface area contributed by atoms with Gasteiger partial charge < -0.3 is 19.5 Å². The van der Waals surface area contributed by atoms with Gasteiger partial charge in [-0.1, -0.05) is 41.4 Å². The summed E-state index contributed by atoms with van der Waals surface area (Å²) >= 11 is 12.1. The summed E-state index contributed by atoms with van der Waals surface area (Å²) in [5.41, 5.74) is 0.134. The monoisotopic (exact) mass is 552 g/mol. The summed E-state index contributed by atoms with van der Waals surface area (Å²) in [7, 11) is -0.229. The first kappa shape index (κ1) is 27.1. The van der Waals surface area contributed by atoms with Gasteiger partial charge in [0.1, 0.15) is 6.54 Å². The molecule has 0 aliphatic carbocycles. The summed E-state index contributed by atoms with van der Waals surface area (Å²) < 4.78 is 43.1. The van der Waals surface area contributed by atoms with Gasteiger partial charge >= 0.3 is 5.97 Å². The summed E-state index contributed by atoms with van der Waals surface area (Å²) in [5, 5.41) is 2.89. The molecular weight excluding hydrogens is 531 g/mol. The maximum Gasteiger partial charge on any atom is 0.340 e. The Morgan fingerprint density at radius 1 is 0.889 bits per heavy atom. The van der Waals surface area contributed by atoms with E-state index in [0.29, 0.717) is 0 Å². The van der Waals surface area contributed by atoms with Crippen LogP contribution in [0.2, 0.25) is 10.0 Å². The largest absolute Gasteiger partial charge is 0.493 e. The van der Waals surface area contributed by atoms with Gasteiger partial charge in [-0.3, -0.25) is 9.10 Å². The lowest BCUT2D eigenvalue weighted by Crippen LogP contribution is -2.38. The highest BCUT2D eigenvalue weighted by atomic mass is 35.5. The van der Waals surface area contributed by atoms with Crippen LogP contribution in [0.15, 0.2) is 65.6 Å². The zero-order valence-electron chi connectivity index (χ0n) is 19.4. The molecule has 1 amide bonds. The van der Waals surface area contributed by atoms with Crippen LogP contribution < -0.4 is 19.1 Å². The van der Waals surface area contributed by atoms with Crippen molar-refractivity contribution in [1.82, 2.24) is 0 Å². The highest BCUT2D eigenvalue weighted by molar-refractivity contribution is 7.92. The normalized spacial score (nSPS) is 10.9. The fourth-order valence-electron chi connectivity index (χ4n) is 3.26. The van der Waals surface area contributed by atoms with Gasteiger partial charge in [0.25, 0.3) is 10.0 Å². The molecule has 36 heavy (non-hydrogen) atoms. The Labute approximate surface area is 218 Å². The van der Waals surface area contributed by atoms with Crippen molar-refractivity contribution in [2.24, 2.45) is 0 Å². The highest BCUT2D eigenvalue weighted by Crippen LogP contribution is 2.34. The van der Waals surface area contributed by atoms with Crippen molar-refractivity contribution in [3.63, 3.8) is 0 Å². The Balaban J connectivity index is 2.03. The van der Waals surface area contributed by atoms with Gasteiger partial charge in [-0.25, -0.2) is 13.2 Å². The topological polar surface area (TPSA) is 111 Å². The molecular formula is C24H22Cl2N2O7S. The maximum atomic E-state index is 13.5. The van der Waals surface area contributed by atoms with Crippen LogP contribution in [-0.2, 0) is 19.6 Å². The van der Waals surface area contributed by atoms with E-state index in [1.807, 2.05) is 0 Å². The number of nitrogens with one attached hydrogen (secondary N) is 1. The third-order valence-corrected chi connectivity index (χ3v) is 7.54. The van der Waals surface area contributed by atoms with Crippen LogP contribution in [0, 0.1) is 0 Å². The van der Waals surface area contributed by atoms with E-state index < -0.39 is 28.4 Å². The Bertz CT molecular complexity index is 1380. The molecule has 0 aliphatic rings. The number of methoxy groups -OCH3 is 3. The second kappa shape index (κ2) is 11.5. The molecule has 3 aromatic carbocycles. The van der Waals surface area contributed by atoms with Gasteiger partial charge in [0.15, 0.2) is 11.5 Å². The van der Waals surface area contributed by atoms with Crippen molar-refractivity contribution in [3.05, 3.63) is 76.3 Å². The fraction of sp³-hybridized carbons (Fsp3) is 0.167. The molecule has 0 unspecified atom stereocenters. The molecule has 0 bridgehead atoms. The van der Waals surface area contributed by atoms with Gasteiger partial charge in [0.05, 0.1) is 53.2 Å². The first-order valence-electron chi connectivity index (χ1n) is 10.3. The van der Waals surface area contributed by atoms with E-state index in [1.165, 1.54) is 63.8 Å². The molecule has 0 radical (unpaired) electrons. The van der Waals surface area contributed by atoms with Crippen molar-refractivity contribution in [3.8, 4) is 11.5 Å². The van der Waals surface area contributed by atoms with Crippen LogP contribution in [0.1, 0.15) is 10.4 Å². The number of nitrogens with zero attached hydrogens (tertiary/aromatic N) is 1. The van der Waals surface area contributed by atoms with E-state index >= 15 is 0 Å². The third kappa shape index (κ3) is 5.84. The molecule has 9 nitrogen and oxygen atoms in total. The predicted molar refractivity (Wildman–Crippen MR) is 137 cm³/mol. The summed E-state index contributed by atoms with van der Waals surface area (Å²) in [5.74, 6) is -1.03. The summed E-state index contributed by atoms with van der Waals surface area (Å²) in [6, 6.07) is 14.5. The molecule has 0 spiro atoms. The SMILES string of the molecule is COC(=O)c1cc(OC)c(OC)cc1NC(=O)CN(c1ccc(Cl)c(Cl)c1)S(=O)(=O)c1ccccc1. The molecule has 3 aromatic rings. The first-order chi connectivity index (χ1) is 17.1. The Morgan fingerprint density at radius 3 is 2.11 bits per heavy atom. The van der Waals surface area contributed by atoms with E-state index in [2.05, 4.69) is 5.32 Å². The van der Waals surface area contributed by atoms with Crippen LogP contribution in [0.4, 0.5) is 11.4 Å². The maximum absolute atomic E-state index is 13.5. The lowest BCUT2D eigenvalue weighted by molar-refractivity contribution is -0.114. The van der Waals surface area contributed by atoms with Gasteiger partial charge in [-0.2, -0.15) is 0 Å². The van der Waals surface area contributed by atoms with E-state index in [9.17, 15) is 18.0 Å². The number of carbonyl (C=O) groups excluding carboxylic acids is 2. The Hall–Kier alpha value is -3.47. The van der Waals surface area contributed by atoms with Crippen LogP contribution >= 0.6 is 23.2 Å². The lowest BCUT2D eigenvalue weighted by atomic mass is 10.1. The molecule has 3 rings (SSSR count). The van der Waals surface area contributed by atoms with Gasteiger partial charge in [-0.05, 0) is 30.3 Å². The summed E-state index contributed by atoms with van der Waals surface area (Å²) in [6.45, 7) is -0.649. The predicted octanol–water partition coefficient (Wildman–Crippen LogP) is 4.63. The zero-order valence-corrected chi connectivity index (χ0v) is 21.8. The van der Waals surface area contributed by atoms with E-state index in [4.69, 9.17) is 37.4 Å². The molecule has 0 heterocycles. The van der Waals surface area contributed by atoms with E-state index in [0.717, 1.165) is 4.31 Å². The number of halogens is 2. The number of benzene rings is 3. The van der Waals surface area contributed by atoms with Crippen molar-refractivity contribution >= 4 is 56.5 Å². The highest BCUT2D eigenvalue weighted by Gasteiger charge is 2.28. The van der Waals surface area contributed by atoms with Gasteiger partial charge in [0.2, 0.25) is 5.91 Å². The number of hydrogen-bond donors (Lipinski definition) is 1. The van der Waals surface area contributed by atoms with Crippen molar-refractivity contribution < 1.29 is 32.2 Å². The number of sulfonamides is 1. The molecule has 0 atom stereocenters. The fourth-order valence-corrected chi connectivity index (χ4v) is 4.98. The van der Waals surface area contributed by atoms with Crippen LogP contribution in [0.5, 0.6) is 11.5 Å². The molecule has 0 aliphatic heterocycles. The number of esters is 1. The van der Waals surface area contributed by atoms with Crippen LogP contribution in [0.3, 0.4) is 0 Å². The van der Waals surface area contributed by atoms with Crippen molar-refractivity contribution in [1.29, 1.82) is 0 Å². The average Bonchev–Trinajstić information content (AvgIpc) is 2.88. The van der Waals surface area contributed by atoms with Gasteiger partial charge in [-0.15, -0.1) is 0 Å². The molecule has 190 valence electrons. The lowest BCUT2D eigenvalue weighted by Gasteiger charge is -2.25. The number of ether oxygens (including phenoxy) is 3. The summed E-state index contributed by atoms with van der Waals surface area (Å²) in [6.07, 6.45) is 0. The van der Waals surface area contributed by atoms with E-state index in [-0.39, 0.29) is 43.4 Å². The Morgan fingerprint density at radius 2 is 1.53 bits per heavy atom. The number of rotatable bonds is 9. The van der Waals surface area contributed by atoms with E-state index in [1.54, 1.807) is 18.2 Å². The van der Waals surface area contributed by atoms with Crippen molar-refractivity contribution in [2.75, 3.05) is 37.5 Å². The molecule has 0 saturated heterocycles. The number of anilines is 2. The number of hydrogen-bond acceptors (Lipinski definition) is 7. The first-order valence-corrected chi connectivity index (χ1v) is 12.5. The second-order valence-electron chi connectivity index (χ2n) is 7.22.